The first kappa shape index (κ1) is 20.6. The molecule has 32 heavy (non-hydrogen) atoms. The highest BCUT2D eigenvalue weighted by Gasteiger charge is 2.21. The Kier molecular flexibility index (Phi) is 5.36. The third kappa shape index (κ3) is 3.74. The number of para-hydroxylation sites is 3. The van der Waals surface area contributed by atoms with Gasteiger partial charge in [0, 0.05) is 13.0 Å². The summed E-state index contributed by atoms with van der Waals surface area (Å²) in [6, 6.07) is 20.6. The first-order valence-electron chi connectivity index (χ1n) is 10.3. The Morgan fingerprint density at radius 2 is 1.69 bits per heavy atom. The van der Waals surface area contributed by atoms with Crippen molar-refractivity contribution >= 4 is 49.5 Å². The number of anilines is 1. The van der Waals surface area contributed by atoms with Crippen LogP contribution in [0.4, 0.5) is 5.69 Å². The molecule has 5 rings (SSSR count). The summed E-state index contributed by atoms with van der Waals surface area (Å²) in [5.41, 5.74) is 4.53. The van der Waals surface area contributed by atoms with Crippen molar-refractivity contribution in [1.29, 1.82) is 0 Å². The zero-order chi connectivity index (χ0) is 22.1. The summed E-state index contributed by atoms with van der Waals surface area (Å²) in [6.07, 6.45) is 1.36. The number of nitrogens with one attached hydrogen (secondary N) is 1. The maximum Gasteiger partial charge on any atom is 0.264 e. The monoisotopic (exact) mass is 463 g/mol. The molecular weight excluding hydrogens is 442 g/mol. The van der Waals surface area contributed by atoms with Gasteiger partial charge in [0.05, 0.1) is 28.4 Å². The minimum atomic E-state index is -3.82. The lowest BCUT2D eigenvalue weighted by Crippen LogP contribution is -2.15. The fourth-order valence-electron chi connectivity index (χ4n) is 3.95. The van der Waals surface area contributed by atoms with Gasteiger partial charge in [-0.1, -0.05) is 36.4 Å². The average Bonchev–Trinajstić information content (AvgIpc) is 3.42. The van der Waals surface area contributed by atoms with Gasteiger partial charge >= 0.3 is 0 Å². The summed E-state index contributed by atoms with van der Waals surface area (Å²) >= 11 is 1.00. The van der Waals surface area contributed by atoms with Crippen molar-refractivity contribution in [1.82, 2.24) is 18.3 Å². The standard InChI is InChI=1S/C23H21N5O2S2/c1-2-28-20-12-6-5-10-18(20)24-22(28)15-14-16-8-3-4-9-17(16)27-32(29,30)21-13-7-11-19-23(21)26-31-25-19/h3-13,27H,2,14-15H2,1H3. The lowest BCUT2D eigenvalue weighted by molar-refractivity contribution is 0.602. The van der Waals surface area contributed by atoms with Crippen molar-refractivity contribution in [3.05, 3.63) is 78.1 Å². The van der Waals surface area contributed by atoms with Crippen molar-refractivity contribution in [3.8, 4) is 0 Å². The summed E-state index contributed by atoms with van der Waals surface area (Å²) in [7, 11) is -3.82. The van der Waals surface area contributed by atoms with Gasteiger partial charge in [0.25, 0.3) is 10.0 Å². The lowest BCUT2D eigenvalue weighted by Gasteiger charge is -2.13. The number of hydrogen-bond donors (Lipinski definition) is 1. The molecule has 3 aromatic carbocycles. The summed E-state index contributed by atoms with van der Waals surface area (Å²) in [4.78, 5) is 4.92. The fourth-order valence-corrected chi connectivity index (χ4v) is 5.82. The summed E-state index contributed by atoms with van der Waals surface area (Å²) in [5.74, 6) is 0.990. The first-order valence-corrected chi connectivity index (χ1v) is 12.5. The van der Waals surface area contributed by atoms with E-state index < -0.39 is 10.0 Å². The molecule has 0 amide bonds. The normalized spacial score (nSPS) is 11.9. The number of imidazole rings is 1. The van der Waals surface area contributed by atoms with Crippen molar-refractivity contribution in [2.75, 3.05) is 4.72 Å². The van der Waals surface area contributed by atoms with E-state index in [1.54, 1.807) is 24.3 Å². The van der Waals surface area contributed by atoms with E-state index in [0.29, 0.717) is 29.6 Å². The van der Waals surface area contributed by atoms with E-state index in [4.69, 9.17) is 4.98 Å². The van der Waals surface area contributed by atoms with Crippen LogP contribution in [0, 0.1) is 0 Å². The molecule has 1 N–H and O–H groups in total. The van der Waals surface area contributed by atoms with Gasteiger partial charge in [0.1, 0.15) is 21.8 Å². The number of nitrogens with zero attached hydrogens (tertiary/aromatic N) is 4. The highest BCUT2D eigenvalue weighted by Crippen LogP contribution is 2.26. The number of fused-ring (bicyclic) bond motifs is 2. The molecule has 2 aromatic heterocycles. The predicted molar refractivity (Wildman–Crippen MR) is 127 cm³/mol. The van der Waals surface area contributed by atoms with E-state index in [-0.39, 0.29) is 4.90 Å². The molecule has 162 valence electrons. The Bertz CT molecular complexity index is 1520. The van der Waals surface area contributed by atoms with Gasteiger partial charge in [-0.2, -0.15) is 8.75 Å². The molecule has 5 aromatic rings. The van der Waals surface area contributed by atoms with Crippen LogP contribution in [-0.2, 0) is 29.4 Å². The average molecular weight is 464 g/mol. The first-order chi connectivity index (χ1) is 15.6. The van der Waals surface area contributed by atoms with E-state index in [9.17, 15) is 8.42 Å². The van der Waals surface area contributed by atoms with E-state index in [1.165, 1.54) is 0 Å². The van der Waals surface area contributed by atoms with Crippen LogP contribution in [0.15, 0.2) is 71.6 Å². The summed E-state index contributed by atoms with van der Waals surface area (Å²) in [5, 5.41) is 0. The van der Waals surface area contributed by atoms with E-state index in [1.807, 2.05) is 36.4 Å². The Morgan fingerprint density at radius 1 is 0.906 bits per heavy atom. The van der Waals surface area contributed by atoms with Crippen LogP contribution < -0.4 is 4.72 Å². The molecule has 0 saturated heterocycles. The van der Waals surface area contributed by atoms with Crippen LogP contribution in [0.2, 0.25) is 0 Å². The highest BCUT2D eigenvalue weighted by molar-refractivity contribution is 7.93. The van der Waals surface area contributed by atoms with Crippen molar-refractivity contribution in [3.63, 3.8) is 0 Å². The largest absolute Gasteiger partial charge is 0.328 e. The van der Waals surface area contributed by atoms with Gasteiger partial charge < -0.3 is 4.57 Å². The maximum absolute atomic E-state index is 13.2. The lowest BCUT2D eigenvalue weighted by atomic mass is 10.1. The van der Waals surface area contributed by atoms with Crippen LogP contribution in [0.3, 0.4) is 0 Å². The molecular formula is C23H21N5O2S2. The van der Waals surface area contributed by atoms with E-state index in [2.05, 4.69) is 31.0 Å². The van der Waals surface area contributed by atoms with Crippen LogP contribution in [0.25, 0.3) is 22.1 Å². The maximum atomic E-state index is 13.2. The second-order valence-electron chi connectivity index (χ2n) is 7.41. The SMILES string of the molecule is CCn1c(CCc2ccccc2NS(=O)(=O)c2cccc3nsnc23)nc2ccccc21. The Morgan fingerprint density at radius 3 is 2.56 bits per heavy atom. The molecule has 0 spiro atoms. The molecule has 0 unspecified atom stereocenters. The van der Waals surface area contributed by atoms with Gasteiger partial charge in [0.2, 0.25) is 0 Å². The number of rotatable bonds is 7. The third-order valence-corrected chi connectivity index (χ3v) is 7.41. The van der Waals surface area contributed by atoms with Crippen molar-refractivity contribution < 1.29 is 8.42 Å². The molecule has 7 nitrogen and oxygen atoms in total. The van der Waals surface area contributed by atoms with Crippen molar-refractivity contribution in [2.24, 2.45) is 0 Å². The predicted octanol–water partition coefficient (Wildman–Crippen LogP) is 4.65. The molecule has 0 atom stereocenters. The van der Waals surface area contributed by atoms with Crippen LogP contribution in [0.1, 0.15) is 18.3 Å². The Hall–Kier alpha value is -3.30. The fraction of sp³-hybridized carbons (Fsp3) is 0.174. The number of aryl methyl sites for hydroxylation is 3. The third-order valence-electron chi connectivity index (χ3n) is 5.47. The Labute approximate surface area is 190 Å². The number of aromatic nitrogens is 4. The van der Waals surface area contributed by atoms with Gasteiger partial charge in [-0.25, -0.2) is 13.4 Å². The quantitative estimate of drug-likeness (QED) is 0.380. The number of sulfonamides is 1. The minimum Gasteiger partial charge on any atom is -0.328 e. The topological polar surface area (TPSA) is 89.8 Å². The Balaban J connectivity index is 1.43. The molecule has 0 bridgehead atoms. The summed E-state index contributed by atoms with van der Waals surface area (Å²) < 4.78 is 39.6. The second kappa shape index (κ2) is 8.33. The molecule has 9 heteroatoms. The molecule has 0 aliphatic heterocycles. The minimum absolute atomic E-state index is 0.131. The molecule has 0 aliphatic rings. The van der Waals surface area contributed by atoms with Crippen molar-refractivity contribution in [2.45, 2.75) is 31.2 Å². The zero-order valence-corrected chi connectivity index (χ0v) is 19.0. The molecule has 0 fully saturated rings. The molecule has 2 heterocycles. The molecule has 0 radical (unpaired) electrons. The van der Waals surface area contributed by atoms with Crippen LogP contribution >= 0.6 is 11.7 Å². The van der Waals surface area contributed by atoms with E-state index >= 15 is 0 Å². The van der Waals surface area contributed by atoms with Crippen LogP contribution in [0.5, 0.6) is 0 Å². The molecule has 0 saturated carbocycles. The van der Waals surface area contributed by atoms with E-state index in [0.717, 1.165) is 40.7 Å². The van der Waals surface area contributed by atoms with Gasteiger partial charge in [-0.05, 0) is 49.2 Å². The van der Waals surface area contributed by atoms with Gasteiger partial charge in [0.15, 0.2) is 0 Å². The van der Waals surface area contributed by atoms with Crippen LogP contribution in [-0.4, -0.2) is 26.7 Å². The van der Waals surface area contributed by atoms with Gasteiger partial charge in [-0.15, -0.1) is 0 Å². The smallest absolute Gasteiger partial charge is 0.264 e. The highest BCUT2D eigenvalue weighted by atomic mass is 32.2. The number of benzene rings is 3. The number of hydrogen-bond acceptors (Lipinski definition) is 6. The second-order valence-corrected chi connectivity index (χ2v) is 9.59. The van der Waals surface area contributed by atoms with Gasteiger partial charge in [-0.3, -0.25) is 4.72 Å². The summed E-state index contributed by atoms with van der Waals surface area (Å²) in [6.45, 7) is 2.93. The molecule has 0 aliphatic carbocycles. The zero-order valence-electron chi connectivity index (χ0n) is 17.4.